The third-order valence-electron chi connectivity index (χ3n) is 5.89. The Labute approximate surface area is 183 Å². The monoisotopic (exact) mass is 430 g/mol. The summed E-state index contributed by atoms with van der Waals surface area (Å²) < 4.78 is 1.46. The van der Waals surface area contributed by atoms with E-state index in [1.165, 1.54) is 27.5 Å². The van der Waals surface area contributed by atoms with Crippen molar-refractivity contribution in [3.05, 3.63) is 87.8 Å². The van der Waals surface area contributed by atoms with Crippen LogP contribution in [0.4, 0.5) is 0 Å². The quantitative estimate of drug-likeness (QED) is 0.476. The van der Waals surface area contributed by atoms with Crippen molar-refractivity contribution in [3.8, 4) is 11.1 Å². The first-order chi connectivity index (χ1) is 15.0. The largest absolute Gasteiger partial charge is 0.480 e. The molecule has 31 heavy (non-hydrogen) atoms. The fourth-order valence-electron chi connectivity index (χ4n) is 4.41. The molecule has 1 atom stereocenters. The normalized spacial score (nSPS) is 15.3. The predicted octanol–water partition coefficient (Wildman–Crippen LogP) is 4.82. The molecule has 0 saturated carbocycles. The van der Waals surface area contributed by atoms with Gasteiger partial charge in [0, 0.05) is 40.0 Å². The molecule has 5 rings (SSSR count). The summed E-state index contributed by atoms with van der Waals surface area (Å²) in [6.45, 7) is 2.07. The molecule has 1 aliphatic rings. The van der Waals surface area contributed by atoms with E-state index in [4.69, 9.17) is 0 Å². The number of thioether (sulfide) groups is 1. The zero-order valence-electron chi connectivity index (χ0n) is 17.1. The van der Waals surface area contributed by atoms with E-state index >= 15 is 0 Å². The first kappa shape index (κ1) is 19.7. The molecule has 1 aliphatic heterocycles. The summed E-state index contributed by atoms with van der Waals surface area (Å²) in [5.41, 5.74) is 6.15. The molecule has 4 aromatic rings. The van der Waals surface area contributed by atoms with Gasteiger partial charge in [0.2, 0.25) is 0 Å². The van der Waals surface area contributed by atoms with Gasteiger partial charge < -0.3 is 10.1 Å². The van der Waals surface area contributed by atoms with Crippen molar-refractivity contribution in [1.82, 2.24) is 9.55 Å². The number of carbonyl (C=O) groups is 1. The van der Waals surface area contributed by atoms with Gasteiger partial charge in [-0.3, -0.25) is 9.36 Å². The number of carboxylic acid groups (broad SMARTS) is 1. The molecule has 0 amide bonds. The summed E-state index contributed by atoms with van der Waals surface area (Å²) in [7, 11) is 0. The Kier molecular flexibility index (Phi) is 4.94. The van der Waals surface area contributed by atoms with Gasteiger partial charge in [0.15, 0.2) is 0 Å². The number of carboxylic acids is 1. The maximum atomic E-state index is 13.0. The number of hydrogen-bond acceptors (Lipinski definition) is 3. The molecule has 6 heteroatoms. The highest BCUT2D eigenvalue weighted by Gasteiger charge is 2.33. The van der Waals surface area contributed by atoms with Crippen LogP contribution < -0.4 is 5.56 Å². The molecule has 0 aliphatic carbocycles. The second-order valence-corrected chi connectivity index (χ2v) is 8.97. The van der Waals surface area contributed by atoms with Crippen LogP contribution in [0.5, 0.6) is 0 Å². The number of nitrogens with zero attached hydrogens (tertiary/aromatic N) is 1. The number of rotatable bonds is 5. The third kappa shape index (κ3) is 3.47. The fraction of sp³-hybridized carbons (Fsp3) is 0.200. The highest BCUT2D eigenvalue weighted by Crippen LogP contribution is 2.43. The number of hydrogen-bond donors (Lipinski definition) is 2. The minimum Gasteiger partial charge on any atom is -0.480 e. The summed E-state index contributed by atoms with van der Waals surface area (Å²) in [5.74, 6) is -0.605. The summed E-state index contributed by atoms with van der Waals surface area (Å²) in [6.07, 6.45) is 3.49. The number of nitrogens with one attached hydrogen (secondary N) is 1. The van der Waals surface area contributed by atoms with Gasteiger partial charge in [-0.25, -0.2) is 4.79 Å². The Morgan fingerprint density at radius 2 is 2.00 bits per heavy atom. The number of aromatic nitrogens is 2. The second kappa shape index (κ2) is 7.78. The van der Waals surface area contributed by atoms with Crippen molar-refractivity contribution in [2.24, 2.45) is 0 Å². The number of aryl methyl sites for hydroxylation is 3. The number of benzene rings is 2. The minimum atomic E-state index is -0.967. The summed E-state index contributed by atoms with van der Waals surface area (Å²) in [4.78, 5) is 28.1. The van der Waals surface area contributed by atoms with Crippen LogP contribution in [0.2, 0.25) is 0 Å². The zero-order valence-corrected chi connectivity index (χ0v) is 17.9. The first-order valence-electron chi connectivity index (χ1n) is 10.3. The number of H-pyrrole nitrogens is 1. The van der Waals surface area contributed by atoms with Crippen LogP contribution in [0, 0.1) is 6.92 Å². The number of aromatic amines is 1. The highest BCUT2D eigenvalue weighted by atomic mass is 32.2. The van der Waals surface area contributed by atoms with Crippen LogP contribution in [0.15, 0.2) is 70.6 Å². The molecule has 0 unspecified atom stereocenters. The molecule has 0 fully saturated rings. The average molecular weight is 431 g/mol. The number of para-hydroxylation sites is 1. The van der Waals surface area contributed by atoms with Crippen LogP contribution in [-0.4, -0.2) is 26.4 Å². The van der Waals surface area contributed by atoms with Gasteiger partial charge in [-0.2, -0.15) is 0 Å². The zero-order chi connectivity index (χ0) is 21.5. The van der Waals surface area contributed by atoms with Crippen molar-refractivity contribution in [1.29, 1.82) is 0 Å². The predicted molar refractivity (Wildman–Crippen MR) is 124 cm³/mol. The lowest BCUT2D eigenvalue weighted by Gasteiger charge is -2.16. The van der Waals surface area contributed by atoms with E-state index in [2.05, 4.69) is 42.2 Å². The standard InChI is InChI=1S/C25H22N2O3S/c1-15-5-4-6-16(11-15)9-10-17-12-22(28)27-21(25(29)30)14-31-24(27)23(17)19-13-26-20-8-3-2-7-18(19)20/h2-8,11-13,21,26H,9-10,14H2,1H3,(H,29,30)/t21-/m0/s1. The van der Waals surface area contributed by atoms with Crippen molar-refractivity contribution >= 4 is 28.6 Å². The lowest BCUT2D eigenvalue weighted by Crippen LogP contribution is -2.29. The van der Waals surface area contributed by atoms with E-state index in [1.54, 1.807) is 6.07 Å². The van der Waals surface area contributed by atoms with Crippen molar-refractivity contribution in [3.63, 3.8) is 0 Å². The van der Waals surface area contributed by atoms with Crippen LogP contribution in [0.25, 0.3) is 22.0 Å². The maximum Gasteiger partial charge on any atom is 0.327 e. The van der Waals surface area contributed by atoms with Gasteiger partial charge in [-0.05, 0) is 37.0 Å². The molecule has 2 N–H and O–H groups in total. The van der Waals surface area contributed by atoms with Crippen molar-refractivity contribution < 1.29 is 9.90 Å². The molecule has 0 spiro atoms. The van der Waals surface area contributed by atoms with Gasteiger partial charge in [0.25, 0.3) is 5.56 Å². The van der Waals surface area contributed by atoms with Crippen molar-refractivity contribution in [2.75, 3.05) is 5.75 Å². The number of pyridine rings is 1. The smallest absolute Gasteiger partial charge is 0.327 e. The Hall–Kier alpha value is -3.25. The molecular weight excluding hydrogens is 408 g/mol. The second-order valence-electron chi connectivity index (χ2n) is 7.96. The molecule has 0 saturated heterocycles. The summed E-state index contributed by atoms with van der Waals surface area (Å²) >= 11 is 1.46. The van der Waals surface area contributed by atoms with E-state index in [-0.39, 0.29) is 5.56 Å². The molecule has 5 nitrogen and oxygen atoms in total. The SMILES string of the molecule is Cc1cccc(CCc2cc(=O)n3c(c2-c2c[nH]c4ccccc24)SC[C@H]3C(=O)O)c1. The lowest BCUT2D eigenvalue weighted by molar-refractivity contribution is -0.140. The molecule has 2 aromatic heterocycles. The fourth-order valence-corrected chi connectivity index (χ4v) is 5.76. The molecular formula is C25H22N2O3S. The molecule has 3 heterocycles. The van der Waals surface area contributed by atoms with Gasteiger partial charge in [0.05, 0.1) is 5.03 Å². The number of fused-ring (bicyclic) bond motifs is 2. The van der Waals surface area contributed by atoms with Crippen LogP contribution in [0.3, 0.4) is 0 Å². The van der Waals surface area contributed by atoms with E-state index in [1.807, 2.05) is 24.4 Å². The number of aliphatic carboxylic acids is 1. The topological polar surface area (TPSA) is 75.1 Å². The van der Waals surface area contributed by atoms with Crippen LogP contribution in [-0.2, 0) is 17.6 Å². The summed E-state index contributed by atoms with van der Waals surface area (Å²) in [5, 5.41) is 11.5. The first-order valence-corrected chi connectivity index (χ1v) is 11.3. The van der Waals surface area contributed by atoms with E-state index in [9.17, 15) is 14.7 Å². The maximum absolute atomic E-state index is 13.0. The minimum absolute atomic E-state index is 0.241. The summed E-state index contributed by atoms with van der Waals surface area (Å²) in [6, 6.07) is 17.3. The van der Waals surface area contributed by atoms with E-state index in [0.29, 0.717) is 12.2 Å². The Morgan fingerprint density at radius 1 is 1.16 bits per heavy atom. The Balaban J connectivity index is 1.68. The van der Waals surface area contributed by atoms with Crippen LogP contribution >= 0.6 is 11.8 Å². The van der Waals surface area contributed by atoms with Crippen LogP contribution in [0.1, 0.15) is 22.7 Å². The average Bonchev–Trinajstić information content (AvgIpc) is 3.38. The van der Waals surface area contributed by atoms with E-state index in [0.717, 1.165) is 39.0 Å². The van der Waals surface area contributed by atoms with E-state index < -0.39 is 12.0 Å². The molecule has 0 radical (unpaired) electrons. The molecule has 156 valence electrons. The third-order valence-corrected chi connectivity index (χ3v) is 7.04. The van der Waals surface area contributed by atoms with Gasteiger partial charge in [-0.1, -0.05) is 48.0 Å². The highest BCUT2D eigenvalue weighted by molar-refractivity contribution is 7.99. The van der Waals surface area contributed by atoms with Gasteiger partial charge in [-0.15, -0.1) is 11.8 Å². The Bertz CT molecular complexity index is 1370. The van der Waals surface area contributed by atoms with Gasteiger partial charge >= 0.3 is 5.97 Å². The van der Waals surface area contributed by atoms with Gasteiger partial charge in [0.1, 0.15) is 6.04 Å². The molecule has 0 bridgehead atoms. The Morgan fingerprint density at radius 3 is 2.81 bits per heavy atom. The lowest BCUT2D eigenvalue weighted by atomic mass is 9.95. The van der Waals surface area contributed by atoms with Crippen molar-refractivity contribution in [2.45, 2.75) is 30.8 Å². The molecule has 2 aromatic carbocycles.